The van der Waals surface area contributed by atoms with Crippen molar-refractivity contribution in [2.75, 3.05) is 25.0 Å². The number of carbonyl (C=O) groups excluding carboxylic acids is 3. The fraction of sp³-hybridized carbons (Fsp3) is 0.250. The first-order chi connectivity index (χ1) is 13.0. The summed E-state index contributed by atoms with van der Waals surface area (Å²) in [5.41, 5.74) is 1.09. The van der Waals surface area contributed by atoms with Crippen LogP contribution in [-0.2, 0) is 14.3 Å². The molecule has 0 fully saturated rings. The topological polar surface area (TPSA) is 75.7 Å². The van der Waals surface area contributed by atoms with Crippen LogP contribution in [0.1, 0.15) is 29.1 Å². The Morgan fingerprint density at radius 2 is 1.81 bits per heavy atom. The molecule has 0 aliphatic rings. The molecule has 1 aromatic carbocycles. The molecule has 0 aliphatic heterocycles. The maximum atomic E-state index is 12.2. The third kappa shape index (κ3) is 6.38. The molecule has 27 heavy (non-hydrogen) atoms. The van der Waals surface area contributed by atoms with E-state index in [1.165, 1.54) is 17.4 Å². The van der Waals surface area contributed by atoms with Crippen LogP contribution in [0.5, 0.6) is 0 Å². The van der Waals surface area contributed by atoms with Crippen LogP contribution in [0.15, 0.2) is 47.9 Å². The molecule has 0 spiro atoms. The number of ether oxygens (including phenoxy) is 1. The third-order valence-corrected chi connectivity index (χ3v) is 4.58. The van der Waals surface area contributed by atoms with E-state index < -0.39 is 11.9 Å². The smallest absolute Gasteiger partial charge is 0.331 e. The van der Waals surface area contributed by atoms with Crippen molar-refractivity contribution >= 4 is 40.9 Å². The van der Waals surface area contributed by atoms with Gasteiger partial charge in [0.1, 0.15) is 0 Å². The summed E-state index contributed by atoms with van der Waals surface area (Å²) in [5, 5.41) is 4.53. The van der Waals surface area contributed by atoms with Crippen molar-refractivity contribution in [2.45, 2.75) is 13.8 Å². The molecule has 1 aromatic heterocycles. The number of amides is 2. The lowest BCUT2D eigenvalue weighted by Gasteiger charge is -2.18. The van der Waals surface area contributed by atoms with E-state index in [9.17, 15) is 14.4 Å². The fourth-order valence-corrected chi connectivity index (χ4v) is 2.93. The molecule has 7 heteroatoms. The molecule has 0 bridgehead atoms. The van der Waals surface area contributed by atoms with E-state index in [1.54, 1.807) is 35.2 Å². The molecular formula is C20H22N2O4S. The Labute approximate surface area is 162 Å². The maximum Gasteiger partial charge on any atom is 0.331 e. The highest BCUT2D eigenvalue weighted by molar-refractivity contribution is 7.10. The number of thiophene rings is 1. The van der Waals surface area contributed by atoms with Gasteiger partial charge in [-0.1, -0.05) is 6.07 Å². The van der Waals surface area contributed by atoms with Gasteiger partial charge in [-0.15, -0.1) is 11.3 Å². The molecule has 1 N–H and O–H groups in total. The summed E-state index contributed by atoms with van der Waals surface area (Å²) in [5.74, 6) is -1.08. The molecule has 2 amide bonds. The van der Waals surface area contributed by atoms with E-state index in [-0.39, 0.29) is 12.5 Å². The predicted molar refractivity (Wildman–Crippen MR) is 107 cm³/mol. The van der Waals surface area contributed by atoms with Crippen LogP contribution in [0.25, 0.3) is 6.08 Å². The average molecular weight is 386 g/mol. The van der Waals surface area contributed by atoms with E-state index in [4.69, 9.17) is 4.74 Å². The van der Waals surface area contributed by atoms with E-state index in [0.717, 1.165) is 4.88 Å². The number of esters is 1. The number of carbonyl (C=O) groups is 3. The van der Waals surface area contributed by atoms with Crippen molar-refractivity contribution < 1.29 is 19.1 Å². The third-order valence-electron chi connectivity index (χ3n) is 3.74. The summed E-state index contributed by atoms with van der Waals surface area (Å²) in [7, 11) is 0. The zero-order valence-corrected chi connectivity index (χ0v) is 16.1. The minimum Gasteiger partial charge on any atom is -0.452 e. The standard InChI is InChI=1S/C20H22N2O4S/c1-3-22(4-2)20(25)15-7-9-16(10-8-15)21-18(23)14-26-19(24)12-11-17-6-5-13-27-17/h5-13H,3-4,14H2,1-2H3,(H,21,23). The summed E-state index contributed by atoms with van der Waals surface area (Å²) in [4.78, 5) is 38.4. The highest BCUT2D eigenvalue weighted by Gasteiger charge is 2.12. The molecule has 2 rings (SSSR count). The number of hydrogen-bond donors (Lipinski definition) is 1. The summed E-state index contributed by atoms with van der Waals surface area (Å²) in [6, 6.07) is 10.4. The number of nitrogens with one attached hydrogen (secondary N) is 1. The first kappa shape index (κ1) is 20.4. The Hall–Kier alpha value is -2.93. The molecule has 1 heterocycles. The van der Waals surface area contributed by atoms with E-state index in [0.29, 0.717) is 24.3 Å². The number of anilines is 1. The van der Waals surface area contributed by atoms with Crippen LogP contribution in [0, 0.1) is 0 Å². The van der Waals surface area contributed by atoms with Crippen molar-refractivity contribution in [1.82, 2.24) is 4.90 Å². The van der Waals surface area contributed by atoms with Gasteiger partial charge in [-0.3, -0.25) is 9.59 Å². The molecule has 6 nitrogen and oxygen atoms in total. The second-order valence-electron chi connectivity index (χ2n) is 5.56. The fourth-order valence-electron chi connectivity index (χ4n) is 2.31. The highest BCUT2D eigenvalue weighted by atomic mass is 32.1. The van der Waals surface area contributed by atoms with Crippen LogP contribution in [-0.4, -0.2) is 42.4 Å². The van der Waals surface area contributed by atoms with Gasteiger partial charge in [-0.2, -0.15) is 0 Å². The minimum absolute atomic E-state index is 0.0515. The van der Waals surface area contributed by atoms with Crippen LogP contribution >= 0.6 is 11.3 Å². The van der Waals surface area contributed by atoms with Gasteiger partial charge in [0.05, 0.1) is 0 Å². The molecule has 0 saturated heterocycles. The van der Waals surface area contributed by atoms with Gasteiger partial charge < -0.3 is 15.0 Å². The highest BCUT2D eigenvalue weighted by Crippen LogP contribution is 2.12. The van der Waals surface area contributed by atoms with Crippen molar-refractivity contribution in [3.8, 4) is 0 Å². The minimum atomic E-state index is -0.585. The van der Waals surface area contributed by atoms with Gasteiger partial charge in [0.2, 0.25) is 0 Å². The van der Waals surface area contributed by atoms with Gasteiger partial charge in [-0.05, 0) is 55.6 Å². The summed E-state index contributed by atoms with van der Waals surface area (Å²) in [6.45, 7) is 4.74. The number of benzene rings is 1. The lowest BCUT2D eigenvalue weighted by Crippen LogP contribution is -2.30. The predicted octanol–water partition coefficient (Wildman–Crippen LogP) is 3.43. The second kappa shape index (κ2) is 10.3. The summed E-state index contributed by atoms with van der Waals surface area (Å²) < 4.78 is 4.90. The Morgan fingerprint density at radius 3 is 2.41 bits per heavy atom. The van der Waals surface area contributed by atoms with Gasteiger partial charge in [0, 0.05) is 35.3 Å². The van der Waals surface area contributed by atoms with Crippen LogP contribution in [0.2, 0.25) is 0 Å². The maximum absolute atomic E-state index is 12.2. The molecule has 0 saturated carbocycles. The Bertz CT molecular complexity index is 794. The van der Waals surface area contributed by atoms with Crippen LogP contribution in [0.3, 0.4) is 0 Å². The van der Waals surface area contributed by atoms with Crippen molar-refractivity contribution in [1.29, 1.82) is 0 Å². The normalized spacial score (nSPS) is 10.6. The number of rotatable bonds is 8. The van der Waals surface area contributed by atoms with E-state index >= 15 is 0 Å². The SMILES string of the molecule is CCN(CC)C(=O)c1ccc(NC(=O)COC(=O)C=Cc2cccs2)cc1. The Morgan fingerprint density at radius 1 is 1.11 bits per heavy atom. The summed E-state index contributed by atoms with van der Waals surface area (Å²) >= 11 is 1.50. The lowest BCUT2D eigenvalue weighted by molar-refractivity contribution is -0.142. The average Bonchev–Trinajstić information content (AvgIpc) is 3.20. The van der Waals surface area contributed by atoms with E-state index in [1.807, 2.05) is 31.4 Å². The molecule has 0 unspecified atom stereocenters. The zero-order valence-electron chi connectivity index (χ0n) is 15.3. The summed E-state index contributed by atoms with van der Waals surface area (Å²) in [6.07, 6.45) is 2.92. The van der Waals surface area contributed by atoms with Crippen molar-refractivity contribution in [3.05, 3.63) is 58.3 Å². The first-order valence-electron chi connectivity index (χ1n) is 8.61. The lowest BCUT2D eigenvalue weighted by atomic mass is 10.2. The monoisotopic (exact) mass is 386 g/mol. The van der Waals surface area contributed by atoms with Gasteiger partial charge in [0.25, 0.3) is 11.8 Å². The second-order valence-corrected chi connectivity index (χ2v) is 6.54. The van der Waals surface area contributed by atoms with Gasteiger partial charge in [0.15, 0.2) is 6.61 Å². The molecule has 0 aliphatic carbocycles. The molecular weight excluding hydrogens is 364 g/mol. The van der Waals surface area contributed by atoms with E-state index in [2.05, 4.69) is 5.32 Å². The first-order valence-corrected chi connectivity index (χ1v) is 9.49. The quantitative estimate of drug-likeness (QED) is 0.557. The van der Waals surface area contributed by atoms with Crippen molar-refractivity contribution in [3.63, 3.8) is 0 Å². The zero-order chi connectivity index (χ0) is 19.6. The largest absolute Gasteiger partial charge is 0.452 e. The van der Waals surface area contributed by atoms with Crippen LogP contribution < -0.4 is 5.32 Å². The van der Waals surface area contributed by atoms with Gasteiger partial charge >= 0.3 is 5.97 Å². The van der Waals surface area contributed by atoms with Gasteiger partial charge in [-0.25, -0.2) is 4.79 Å². The van der Waals surface area contributed by atoms with Crippen LogP contribution in [0.4, 0.5) is 5.69 Å². The number of nitrogens with zero attached hydrogens (tertiary/aromatic N) is 1. The molecule has 2 aromatic rings. The Kier molecular flexibility index (Phi) is 7.76. The molecule has 0 atom stereocenters. The number of hydrogen-bond acceptors (Lipinski definition) is 5. The Balaban J connectivity index is 1.81. The van der Waals surface area contributed by atoms with Crippen molar-refractivity contribution in [2.24, 2.45) is 0 Å². The molecule has 142 valence electrons. The molecule has 0 radical (unpaired) electrons.